The van der Waals surface area contributed by atoms with Crippen molar-refractivity contribution in [2.45, 2.75) is 32.6 Å². The normalized spacial score (nSPS) is 12.6. The third-order valence-corrected chi connectivity index (χ3v) is 6.36. The van der Waals surface area contributed by atoms with Crippen molar-refractivity contribution in [3.63, 3.8) is 0 Å². The first kappa shape index (κ1) is 25.0. The van der Waals surface area contributed by atoms with E-state index in [0.29, 0.717) is 33.4 Å². The Balaban J connectivity index is 1.72. The zero-order valence-corrected chi connectivity index (χ0v) is 20.3. The summed E-state index contributed by atoms with van der Waals surface area (Å²) >= 11 is 1.30. The van der Waals surface area contributed by atoms with Crippen LogP contribution < -0.4 is 25.0 Å². The third-order valence-electron chi connectivity index (χ3n) is 5.15. The van der Waals surface area contributed by atoms with E-state index in [4.69, 9.17) is 18.9 Å². The SMILES string of the molecule is CCOC(=O)c1c(NC(=O)C(=O)N/N=C/c2cc(OC)c(OC)c(OC)c2)sc2c1CCCC2. The van der Waals surface area contributed by atoms with Gasteiger partial charge in [-0.15, -0.1) is 11.3 Å². The number of carbonyl (C=O) groups is 3. The molecule has 11 heteroatoms. The fourth-order valence-corrected chi connectivity index (χ4v) is 4.90. The van der Waals surface area contributed by atoms with Gasteiger partial charge in [0.05, 0.1) is 39.7 Å². The summed E-state index contributed by atoms with van der Waals surface area (Å²) in [7, 11) is 4.46. The molecule has 1 aromatic heterocycles. The van der Waals surface area contributed by atoms with Crippen LogP contribution in [-0.2, 0) is 27.2 Å². The number of fused-ring (bicyclic) bond motifs is 1. The van der Waals surface area contributed by atoms with Gasteiger partial charge in [-0.2, -0.15) is 5.10 Å². The maximum Gasteiger partial charge on any atom is 0.341 e. The van der Waals surface area contributed by atoms with Crippen molar-refractivity contribution in [2.75, 3.05) is 33.3 Å². The van der Waals surface area contributed by atoms with Crippen LogP contribution in [-0.4, -0.2) is 51.9 Å². The summed E-state index contributed by atoms with van der Waals surface area (Å²) in [6.07, 6.45) is 4.87. The molecule has 0 aliphatic heterocycles. The smallest absolute Gasteiger partial charge is 0.341 e. The fraction of sp³-hybridized carbons (Fsp3) is 0.391. The van der Waals surface area contributed by atoms with Crippen molar-refractivity contribution < 1.29 is 33.3 Å². The van der Waals surface area contributed by atoms with Gasteiger partial charge < -0.3 is 24.3 Å². The monoisotopic (exact) mass is 489 g/mol. The lowest BCUT2D eigenvalue weighted by Gasteiger charge is -2.12. The van der Waals surface area contributed by atoms with E-state index in [-0.39, 0.29) is 6.61 Å². The Labute approximate surface area is 201 Å². The molecule has 0 spiro atoms. The first-order chi connectivity index (χ1) is 16.4. The number of esters is 1. The molecule has 182 valence electrons. The van der Waals surface area contributed by atoms with Crippen molar-refractivity contribution in [1.82, 2.24) is 5.43 Å². The van der Waals surface area contributed by atoms with Gasteiger partial charge in [0.25, 0.3) is 0 Å². The molecule has 3 rings (SSSR count). The quantitative estimate of drug-likeness (QED) is 0.253. The molecule has 0 fully saturated rings. The molecule has 1 aromatic carbocycles. The van der Waals surface area contributed by atoms with Crippen molar-refractivity contribution in [1.29, 1.82) is 0 Å². The van der Waals surface area contributed by atoms with E-state index < -0.39 is 17.8 Å². The maximum absolute atomic E-state index is 12.5. The van der Waals surface area contributed by atoms with Crippen LogP contribution in [0.2, 0.25) is 0 Å². The molecule has 1 heterocycles. The molecule has 34 heavy (non-hydrogen) atoms. The molecule has 0 bridgehead atoms. The summed E-state index contributed by atoms with van der Waals surface area (Å²) in [6, 6.07) is 3.28. The summed E-state index contributed by atoms with van der Waals surface area (Å²) in [5.41, 5.74) is 3.96. The standard InChI is InChI=1S/C23H27N3O7S/c1-5-33-23(29)18-14-8-6-7-9-17(14)34-22(18)25-20(27)21(28)26-24-12-13-10-15(30-2)19(32-4)16(11-13)31-3/h10-12H,5-9H2,1-4H3,(H,25,27)(H,26,28)/b24-12+. The molecule has 10 nitrogen and oxygen atoms in total. The highest BCUT2D eigenvalue weighted by Crippen LogP contribution is 2.39. The van der Waals surface area contributed by atoms with E-state index in [1.54, 1.807) is 19.1 Å². The predicted molar refractivity (Wildman–Crippen MR) is 127 cm³/mol. The Kier molecular flexibility index (Phi) is 8.47. The number of anilines is 1. The van der Waals surface area contributed by atoms with Crippen LogP contribution in [0.1, 0.15) is 46.1 Å². The highest BCUT2D eigenvalue weighted by atomic mass is 32.1. The number of nitrogens with one attached hydrogen (secondary N) is 2. The number of rotatable bonds is 8. The Bertz CT molecular complexity index is 1090. The number of thiophene rings is 1. The highest BCUT2D eigenvalue weighted by molar-refractivity contribution is 7.17. The fourth-order valence-electron chi connectivity index (χ4n) is 3.63. The number of amides is 2. The maximum atomic E-state index is 12.5. The number of methoxy groups -OCH3 is 3. The second kappa shape index (κ2) is 11.5. The number of hydrogen-bond donors (Lipinski definition) is 2. The van der Waals surface area contributed by atoms with Crippen molar-refractivity contribution in [3.8, 4) is 17.2 Å². The second-order valence-electron chi connectivity index (χ2n) is 7.25. The van der Waals surface area contributed by atoms with Gasteiger partial charge >= 0.3 is 17.8 Å². The van der Waals surface area contributed by atoms with Gasteiger partial charge in [0.2, 0.25) is 5.75 Å². The Morgan fingerprint density at radius 3 is 2.32 bits per heavy atom. The molecule has 1 aliphatic carbocycles. The van der Waals surface area contributed by atoms with E-state index in [0.717, 1.165) is 36.1 Å². The number of hydrazone groups is 1. The van der Waals surface area contributed by atoms with E-state index in [1.165, 1.54) is 38.9 Å². The van der Waals surface area contributed by atoms with Crippen LogP contribution in [0.5, 0.6) is 17.2 Å². The molecule has 0 radical (unpaired) electrons. The van der Waals surface area contributed by atoms with E-state index in [1.807, 2.05) is 0 Å². The number of carbonyl (C=O) groups excluding carboxylic acids is 3. The van der Waals surface area contributed by atoms with Gasteiger partial charge in [0.1, 0.15) is 5.00 Å². The van der Waals surface area contributed by atoms with Crippen LogP contribution in [0.25, 0.3) is 0 Å². The van der Waals surface area contributed by atoms with Gasteiger partial charge in [-0.05, 0) is 50.3 Å². The minimum Gasteiger partial charge on any atom is -0.493 e. The minimum absolute atomic E-state index is 0.215. The highest BCUT2D eigenvalue weighted by Gasteiger charge is 2.28. The topological polar surface area (TPSA) is 125 Å². The van der Waals surface area contributed by atoms with Gasteiger partial charge in [-0.3, -0.25) is 9.59 Å². The van der Waals surface area contributed by atoms with Crippen molar-refractivity contribution >= 4 is 40.3 Å². The molecule has 0 saturated carbocycles. The summed E-state index contributed by atoms with van der Waals surface area (Å²) in [6.45, 7) is 1.93. The lowest BCUT2D eigenvalue weighted by atomic mass is 9.95. The lowest BCUT2D eigenvalue weighted by Crippen LogP contribution is -2.32. The van der Waals surface area contributed by atoms with Crippen molar-refractivity contribution in [2.24, 2.45) is 5.10 Å². The van der Waals surface area contributed by atoms with E-state index >= 15 is 0 Å². The number of aryl methyl sites for hydroxylation is 1. The van der Waals surface area contributed by atoms with Crippen LogP contribution in [0.3, 0.4) is 0 Å². The molecule has 0 atom stereocenters. The van der Waals surface area contributed by atoms with Crippen LogP contribution >= 0.6 is 11.3 Å². The van der Waals surface area contributed by atoms with Crippen LogP contribution in [0.15, 0.2) is 17.2 Å². The minimum atomic E-state index is -0.982. The average molecular weight is 490 g/mol. The molecule has 1 aliphatic rings. The van der Waals surface area contributed by atoms with Gasteiger partial charge in [-0.25, -0.2) is 10.2 Å². The summed E-state index contributed by atoms with van der Waals surface area (Å²) < 4.78 is 21.0. The summed E-state index contributed by atoms with van der Waals surface area (Å²) in [4.78, 5) is 38.3. The zero-order chi connectivity index (χ0) is 24.7. The molecule has 2 aromatic rings. The lowest BCUT2D eigenvalue weighted by molar-refractivity contribution is -0.136. The number of ether oxygens (including phenoxy) is 4. The zero-order valence-electron chi connectivity index (χ0n) is 19.5. The van der Waals surface area contributed by atoms with Gasteiger partial charge in [-0.1, -0.05) is 0 Å². The molecule has 2 amide bonds. The third kappa shape index (κ3) is 5.48. The molecule has 0 unspecified atom stereocenters. The second-order valence-corrected chi connectivity index (χ2v) is 8.35. The molecule has 2 N–H and O–H groups in total. The number of benzene rings is 1. The first-order valence-corrected chi connectivity index (χ1v) is 11.5. The predicted octanol–water partition coefficient (Wildman–Crippen LogP) is 2.92. The van der Waals surface area contributed by atoms with E-state index in [9.17, 15) is 14.4 Å². The number of hydrogen-bond acceptors (Lipinski definition) is 9. The molecular formula is C23H27N3O7S. The Morgan fingerprint density at radius 1 is 1.03 bits per heavy atom. The largest absolute Gasteiger partial charge is 0.493 e. The van der Waals surface area contributed by atoms with Crippen molar-refractivity contribution in [3.05, 3.63) is 33.7 Å². The molecular weight excluding hydrogens is 462 g/mol. The number of nitrogens with zero attached hydrogens (tertiary/aromatic N) is 1. The average Bonchev–Trinajstić information content (AvgIpc) is 3.21. The first-order valence-electron chi connectivity index (χ1n) is 10.7. The van der Waals surface area contributed by atoms with Crippen LogP contribution in [0.4, 0.5) is 5.00 Å². The summed E-state index contributed by atoms with van der Waals surface area (Å²) in [5, 5.41) is 6.70. The van der Waals surface area contributed by atoms with Gasteiger partial charge in [0, 0.05) is 10.4 Å². The Morgan fingerprint density at radius 2 is 1.71 bits per heavy atom. The summed E-state index contributed by atoms with van der Waals surface area (Å²) in [5.74, 6) is -1.17. The Hall–Kier alpha value is -3.60. The van der Waals surface area contributed by atoms with E-state index in [2.05, 4.69) is 15.8 Å². The van der Waals surface area contributed by atoms with Crippen LogP contribution in [0, 0.1) is 0 Å². The van der Waals surface area contributed by atoms with Gasteiger partial charge in [0.15, 0.2) is 11.5 Å². The molecule has 0 saturated heterocycles.